The van der Waals surface area contributed by atoms with Crippen LogP contribution in [0.3, 0.4) is 0 Å². The van der Waals surface area contributed by atoms with Crippen molar-refractivity contribution in [2.45, 2.75) is 44.7 Å². The highest BCUT2D eigenvalue weighted by atomic mass is 19.1. The van der Waals surface area contributed by atoms with Gasteiger partial charge >= 0.3 is 0 Å². The van der Waals surface area contributed by atoms with Gasteiger partial charge in [-0.05, 0) is 56.8 Å². The molecule has 21 heavy (non-hydrogen) atoms. The van der Waals surface area contributed by atoms with E-state index in [1.807, 2.05) is 0 Å². The first kappa shape index (κ1) is 14.3. The Morgan fingerprint density at radius 1 is 1.38 bits per heavy atom. The van der Waals surface area contributed by atoms with Crippen molar-refractivity contribution in [3.8, 4) is 0 Å². The van der Waals surface area contributed by atoms with Crippen LogP contribution in [0.25, 0.3) is 0 Å². The fraction of sp³-hybridized carbons (Fsp3) is 0.562. The first-order valence-electron chi connectivity index (χ1n) is 7.65. The molecule has 0 aromatic heterocycles. The van der Waals surface area contributed by atoms with E-state index in [4.69, 9.17) is 5.73 Å². The number of carbonyl (C=O) groups is 1. The summed E-state index contributed by atoms with van der Waals surface area (Å²) >= 11 is 0. The monoisotopic (exact) mass is 291 g/mol. The maximum absolute atomic E-state index is 14.1. The minimum absolute atomic E-state index is 0.0568. The van der Waals surface area contributed by atoms with Gasteiger partial charge in [-0.25, -0.2) is 4.39 Å². The number of piperidine rings is 1. The summed E-state index contributed by atoms with van der Waals surface area (Å²) in [7, 11) is 0. The number of aryl methyl sites for hydroxylation is 1. The van der Waals surface area contributed by atoms with Gasteiger partial charge in [-0.1, -0.05) is 0 Å². The Balaban J connectivity index is 1.69. The summed E-state index contributed by atoms with van der Waals surface area (Å²) in [5.74, 6) is -0.820. The summed E-state index contributed by atoms with van der Waals surface area (Å²) in [6, 6.07) is 3.68. The predicted octanol–water partition coefficient (Wildman–Crippen LogP) is 2.07. The summed E-state index contributed by atoms with van der Waals surface area (Å²) in [5, 5.41) is 2.98. The lowest BCUT2D eigenvalue weighted by Crippen LogP contribution is -2.47. The Kier molecular flexibility index (Phi) is 3.85. The molecule has 0 bridgehead atoms. The lowest BCUT2D eigenvalue weighted by Gasteiger charge is -2.35. The molecule has 5 heteroatoms. The van der Waals surface area contributed by atoms with Crippen LogP contribution in [0.2, 0.25) is 0 Å². The van der Waals surface area contributed by atoms with Crippen LogP contribution in [0.15, 0.2) is 12.1 Å². The molecule has 2 aliphatic heterocycles. The number of hydrogen-bond acceptors (Lipinski definition) is 3. The maximum atomic E-state index is 14.1. The zero-order valence-corrected chi connectivity index (χ0v) is 12.4. The fourth-order valence-corrected chi connectivity index (χ4v) is 3.58. The van der Waals surface area contributed by atoms with Crippen LogP contribution < -0.4 is 11.1 Å². The van der Waals surface area contributed by atoms with Crippen molar-refractivity contribution in [3.63, 3.8) is 0 Å². The molecule has 2 saturated heterocycles. The summed E-state index contributed by atoms with van der Waals surface area (Å²) in [6.45, 7) is 3.82. The second-order valence-corrected chi connectivity index (χ2v) is 6.23. The van der Waals surface area contributed by atoms with Crippen LogP contribution in [-0.4, -0.2) is 36.0 Å². The molecule has 2 aliphatic rings. The van der Waals surface area contributed by atoms with Crippen molar-refractivity contribution in [1.82, 2.24) is 10.2 Å². The molecular formula is C16H22FN3O. The molecule has 2 heterocycles. The van der Waals surface area contributed by atoms with Crippen LogP contribution >= 0.6 is 0 Å². The van der Waals surface area contributed by atoms with Gasteiger partial charge in [0.25, 0.3) is 5.91 Å². The van der Waals surface area contributed by atoms with Gasteiger partial charge < -0.3 is 16.0 Å². The number of nitrogens with two attached hydrogens (primary N) is 1. The molecule has 114 valence electrons. The van der Waals surface area contributed by atoms with Crippen molar-refractivity contribution >= 4 is 11.6 Å². The zero-order chi connectivity index (χ0) is 15.0. The van der Waals surface area contributed by atoms with Crippen molar-refractivity contribution < 1.29 is 9.18 Å². The number of hydrogen-bond donors (Lipinski definition) is 2. The number of carbonyl (C=O) groups excluding carboxylic acids is 1. The molecule has 3 N–H and O–H groups in total. The average molecular weight is 291 g/mol. The number of halogens is 1. The SMILES string of the molecule is Cc1cc(N)cc(C(=O)NC2CCN3CCCC3C2)c1F. The van der Waals surface area contributed by atoms with Crippen molar-refractivity contribution in [1.29, 1.82) is 0 Å². The van der Waals surface area contributed by atoms with Crippen LogP contribution in [-0.2, 0) is 0 Å². The van der Waals surface area contributed by atoms with E-state index in [1.54, 1.807) is 13.0 Å². The Morgan fingerprint density at radius 2 is 2.19 bits per heavy atom. The summed E-state index contributed by atoms with van der Waals surface area (Å²) in [5.41, 5.74) is 6.60. The molecule has 0 spiro atoms. The predicted molar refractivity (Wildman–Crippen MR) is 80.6 cm³/mol. The van der Waals surface area contributed by atoms with Gasteiger partial charge in [0.15, 0.2) is 0 Å². The molecule has 0 radical (unpaired) electrons. The summed E-state index contributed by atoms with van der Waals surface area (Å²) < 4.78 is 14.1. The third kappa shape index (κ3) is 2.88. The molecule has 1 amide bonds. The van der Waals surface area contributed by atoms with E-state index in [2.05, 4.69) is 10.2 Å². The van der Waals surface area contributed by atoms with E-state index in [-0.39, 0.29) is 17.5 Å². The highest BCUT2D eigenvalue weighted by molar-refractivity contribution is 5.95. The van der Waals surface area contributed by atoms with E-state index < -0.39 is 5.82 Å². The average Bonchev–Trinajstić information content (AvgIpc) is 2.90. The molecule has 4 nitrogen and oxygen atoms in total. The maximum Gasteiger partial charge on any atom is 0.254 e. The first-order chi connectivity index (χ1) is 10.0. The molecule has 1 aromatic carbocycles. The third-order valence-corrected chi connectivity index (χ3v) is 4.68. The van der Waals surface area contributed by atoms with Crippen LogP contribution in [0, 0.1) is 12.7 Å². The third-order valence-electron chi connectivity index (χ3n) is 4.68. The smallest absolute Gasteiger partial charge is 0.254 e. The number of fused-ring (bicyclic) bond motifs is 1. The van der Waals surface area contributed by atoms with Crippen LogP contribution in [0.1, 0.15) is 41.6 Å². The molecule has 3 rings (SSSR count). The molecule has 2 unspecified atom stereocenters. The minimum atomic E-state index is -0.472. The van der Waals surface area contributed by atoms with E-state index in [1.165, 1.54) is 25.5 Å². The van der Waals surface area contributed by atoms with Gasteiger partial charge in [0.05, 0.1) is 5.56 Å². The lowest BCUT2D eigenvalue weighted by molar-refractivity contribution is 0.0892. The molecule has 2 fully saturated rings. The zero-order valence-electron chi connectivity index (χ0n) is 12.4. The number of nitrogens with one attached hydrogen (secondary N) is 1. The van der Waals surface area contributed by atoms with Gasteiger partial charge in [-0.15, -0.1) is 0 Å². The van der Waals surface area contributed by atoms with E-state index in [0.29, 0.717) is 17.3 Å². The fourth-order valence-electron chi connectivity index (χ4n) is 3.58. The van der Waals surface area contributed by atoms with Gasteiger partial charge in [0, 0.05) is 24.3 Å². The van der Waals surface area contributed by atoms with Gasteiger partial charge in [0.1, 0.15) is 5.82 Å². The van der Waals surface area contributed by atoms with Crippen molar-refractivity contribution in [2.75, 3.05) is 18.8 Å². The number of nitrogens with zero attached hydrogens (tertiary/aromatic N) is 1. The lowest BCUT2D eigenvalue weighted by atomic mass is 9.97. The quantitative estimate of drug-likeness (QED) is 0.820. The van der Waals surface area contributed by atoms with E-state index >= 15 is 0 Å². The van der Waals surface area contributed by atoms with Crippen molar-refractivity contribution in [2.24, 2.45) is 0 Å². The molecular weight excluding hydrogens is 269 g/mol. The van der Waals surface area contributed by atoms with E-state index in [9.17, 15) is 9.18 Å². The van der Waals surface area contributed by atoms with Crippen molar-refractivity contribution in [3.05, 3.63) is 29.1 Å². The topological polar surface area (TPSA) is 58.4 Å². The summed E-state index contributed by atoms with van der Waals surface area (Å²) in [6.07, 6.45) is 4.35. The standard InChI is InChI=1S/C16H22FN3O/c1-10-7-11(18)8-14(15(10)17)16(21)19-12-4-6-20-5-2-3-13(20)9-12/h7-8,12-13H,2-6,9,18H2,1H3,(H,19,21). The van der Waals surface area contributed by atoms with Gasteiger partial charge in [-0.3, -0.25) is 4.79 Å². The number of benzene rings is 1. The normalized spacial score (nSPS) is 25.6. The second kappa shape index (κ2) is 5.64. The first-order valence-corrected chi connectivity index (χ1v) is 7.65. The Labute approximate surface area is 124 Å². The molecule has 1 aromatic rings. The molecule has 2 atom stereocenters. The van der Waals surface area contributed by atoms with Crippen LogP contribution in [0.4, 0.5) is 10.1 Å². The van der Waals surface area contributed by atoms with Gasteiger partial charge in [-0.2, -0.15) is 0 Å². The largest absolute Gasteiger partial charge is 0.399 e. The minimum Gasteiger partial charge on any atom is -0.399 e. The highest BCUT2D eigenvalue weighted by Crippen LogP contribution is 2.27. The second-order valence-electron chi connectivity index (χ2n) is 6.23. The molecule has 0 saturated carbocycles. The highest BCUT2D eigenvalue weighted by Gasteiger charge is 2.32. The molecule has 0 aliphatic carbocycles. The number of amides is 1. The summed E-state index contributed by atoms with van der Waals surface area (Å²) in [4.78, 5) is 14.8. The number of rotatable bonds is 2. The number of nitrogen functional groups attached to an aromatic ring is 1. The van der Waals surface area contributed by atoms with Crippen LogP contribution in [0.5, 0.6) is 0 Å². The Morgan fingerprint density at radius 3 is 3.00 bits per heavy atom. The number of anilines is 1. The Bertz CT molecular complexity index is 561. The Hall–Kier alpha value is -1.62. The van der Waals surface area contributed by atoms with Gasteiger partial charge in [0.2, 0.25) is 0 Å². The van der Waals surface area contributed by atoms with E-state index in [0.717, 1.165) is 19.4 Å².